The van der Waals surface area contributed by atoms with Gasteiger partial charge in [0, 0.05) is 19.2 Å². The van der Waals surface area contributed by atoms with Crippen molar-refractivity contribution >= 4 is 5.91 Å². The van der Waals surface area contributed by atoms with Crippen molar-refractivity contribution in [1.82, 2.24) is 25.1 Å². The number of amides is 1. The monoisotopic (exact) mass is 365 g/mol. The van der Waals surface area contributed by atoms with Crippen LogP contribution in [0.3, 0.4) is 0 Å². The molecule has 0 radical (unpaired) electrons. The number of aryl methyl sites for hydroxylation is 1. The molecular weight excluding hydrogens is 342 g/mol. The molecule has 1 amide bonds. The van der Waals surface area contributed by atoms with Crippen molar-refractivity contribution in [3.63, 3.8) is 0 Å². The number of tetrazole rings is 1. The van der Waals surface area contributed by atoms with Crippen LogP contribution in [0, 0.1) is 6.92 Å². The molecule has 3 aromatic rings. The summed E-state index contributed by atoms with van der Waals surface area (Å²) in [5, 5.41) is 12.4. The van der Waals surface area contributed by atoms with Crippen molar-refractivity contribution in [2.45, 2.75) is 26.9 Å². The lowest BCUT2D eigenvalue weighted by molar-refractivity contribution is -0.131. The number of nitrogens with zero attached hydrogens (tertiary/aromatic N) is 5. The molecule has 3 rings (SSSR count). The summed E-state index contributed by atoms with van der Waals surface area (Å²) in [5.41, 5.74) is 3.01. The van der Waals surface area contributed by atoms with Crippen molar-refractivity contribution in [3.05, 3.63) is 59.7 Å². The molecule has 7 heteroatoms. The average molecular weight is 365 g/mol. The van der Waals surface area contributed by atoms with Gasteiger partial charge in [0.25, 0.3) is 0 Å². The predicted octanol–water partition coefficient (Wildman–Crippen LogP) is 2.71. The summed E-state index contributed by atoms with van der Waals surface area (Å²) >= 11 is 0. The van der Waals surface area contributed by atoms with Crippen LogP contribution in [0.5, 0.6) is 5.75 Å². The van der Waals surface area contributed by atoms with Crippen molar-refractivity contribution in [3.8, 4) is 17.1 Å². The van der Waals surface area contributed by atoms with Crippen LogP contribution >= 0.6 is 0 Å². The Kier molecular flexibility index (Phi) is 5.80. The zero-order valence-corrected chi connectivity index (χ0v) is 15.8. The fraction of sp³-hybridized carbons (Fsp3) is 0.300. The van der Waals surface area contributed by atoms with E-state index in [1.165, 1.54) is 4.80 Å². The Morgan fingerprint density at radius 3 is 2.59 bits per heavy atom. The van der Waals surface area contributed by atoms with Crippen molar-refractivity contribution in [1.29, 1.82) is 0 Å². The number of aromatic nitrogens is 4. The number of ether oxygens (including phenoxy) is 1. The first kappa shape index (κ1) is 18.6. The van der Waals surface area contributed by atoms with Crippen LogP contribution in [0.15, 0.2) is 48.5 Å². The molecule has 0 aliphatic carbocycles. The lowest BCUT2D eigenvalue weighted by atomic mass is 10.1. The highest BCUT2D eigenvalue weighted by molar-refractivity contribution is 5.75. The maximum Gasteiger partial charge on any atom is 0.246 e. The summed E-state index contributed by atoms with van der Waals surface area (Å²) in [5.74, 6) is 1.26. The van der Waals surface area contributed by atoms with E-state index >= 15 is 0 Å². The van der Waals surface area contributed by atoms with Gasteiger partial charge in [0.2, 0.25) is 11.7 Å². The maximum atomic E-state index is 12.5. The second kappa shape index (κ2) is 8.44. The molecule has 0 fully saturated rings. The minimum atomic E-state index is -0.0855. The SMILES string of the molecule is CCOc1ccc(CN(C)C(=O)Cn2nnc(-c3ccccc3C)n2)cc1. The number of benzene rings is 2. The number of carbonyl (C=O) groups excluding carboxylic acids is 1. The smallest absolute Gasteiger partial charge is 0.246 e. The summed E-state index contributed by atoms with van der Waals surface area (Å²) in [6.45, 7) is 5.12. The van der Waals surface area contributed by atoms with Gasteiger partial charge < -0.3 is 9.64 Å². The molecular formula is C20H23N5O2. The van der Waals surface area contributed by atoms with Gasteiger partial charge in [-0.3, -0.25) is 4.79 Å². The number of carbonyl (C=O) groups is 1. The van der Waals surface area contributed by atoms with Gasteiger partial charge >= 0.3 is 0 Å². The van der Waals surface area contributed by atoms with Gasteiger partial charge in [-0.05, 0) is 42.3 Å². The Labute approximate surface area is 158 Å². The molecule has 0 N–H and O–H groups in total. The van der Waals surface area contributed by atoms with Gasteiger partial charge in [-0.25, -0.2) is 0 Å². The predicted molar refractivity (Wildman–Crippen MR) is 102 cm³/mol. The van der Waals surface area contributed by atoms with Crippen molar-refractivity contribution in [2.75, 3.05) is 13.7 Å². The molecule has 1 aromatic heterocycles. The van der Waals surface area contributed by atoms with Gasteiger partial charge in [-0.1, -0.05) is 36.4 Å². The number of rotatable bonds is 7. The van der Waals surface area contributed by atoms with Crippen LogP contribution in [-0.2, 0) is 17.9 Å². The lowest BCUT2D eigenvalue weighted by Gasteiger charge is -2.17. The molecule has 0 aliphatic heterocycles. The van der Waals surface area contributed by atoms with E-state index in [2.05, 4.69) is 15.4 Å². The summed E-state index contributed by atoms with van der Waals surface area (Å²) in [6, 6.07) is 15.6. The van der Waals surface area contributed by atoms with E-state index in [4.69, 9.17) is 4.74 Å². The first-order valence-corrected chi connectivity index (χ1v) is 8.86. The number of hydrogen-bond donors (Lipinski definition) is 0. The second-order valence-corrected chi connectivity index (χ2v) is 6.29. The van der Waals surface area contributed by atoms with Gasteiger partial charge in [0.1, 0.15) is 12.3 Å². The van der Waals surface area contributed by atoms with E-state index in [1.807, 2.05) is 62.4 Å². The average Bonchev–Trinajstić information content (AvgIpc) is 3.12. The molecule has 0 bridgehead atoms. The molecule has 0 aliphatic rings. The normalized spacial score (nSPS) is 10.6. The first-order chi connectivity index (χ1) is 13.1. The van der Waals surface area contributed by atoms with E-state index in [-0.39, 0.29) is 12.5 Å². The van der Waals surface area contributed by atoms with Crippen LogP contribution in [-0.4, -0.2) is 44.7 Å². The summed E-state index contributed by atoms with van der Waals surface area (Å²) < 4.78 is 5.43. The third kappa shape index (κ3) is 4.69. The van der Waals surface area contributed by atoms with E-state index in [9.17, 15) is 4.79 Å². The molecule has 0 atom stereocenters. The highest BCUT2D eigenvalue weighted by Gasteiger charge is 2.14. The van der Waals surface area contributed by atoms with Crippen molar-refractivity contribution in [2.24, 2.45) is 0 Å². The molecule has 2 aromatic carbocycles. The molecule has 27 heavy (non-hydrogen) atoms. The van der Waals surface area contributed by atoms with Gasteiger partial charge in [-0.2, -0.15) is 4.80 Å². The fourth-order valence-electron chi connectivity index (χ4n) is 2.70. The zero-order valence-electron chi connectivity index (χ0n) is 15.8. The highest BCUT2D eigenvalue weighted by atomic mass is 16.5. The van der Waals surface area contributed by atoms with Crippen LogP contribution < -0.4 is 4.74 Å². The van der Waals surface area contributed by atoms with E-state index in [0.717, 1.165) is 22.4 Å². The molecule has 1 heterocycles. The quantitative estimate of drug-likeness (QED) is 0.644. The summed E-state index contributed by atoms with van der Waals surface area (Å²) in [6.07, 6.45) is 0. The lowest BCUT2D eigenvalue weighted by Crippen LogP contribution is -2.30. The molecule has 0 saturated carbocycles. The Balaban J connectivity index is 1.61. The second-order valence-electron chi connectivity index (χ2n) is 6.29. The van der Waals surface area contributed by atoms with Crippen LogP contribution in [0.25, 0.3) is 11.4 Å². The third-order valence-electron chi connectivity index (χ3n) is 4.20. The van der Waals surface area contributed by atoms with Gasteiger partial charge in [-0.15, -0.1) is 10.2 Å². The topological polar surface area (TPSA) is 73.1 Å². The summed E-state index contributed by atoms with van der Waals surface area (Å²) in [4.78, 5) is 15.4. The Bertz CT molecular complexity index is 905. The van der Waals surface area contributed by atoms with E-state index in [1.54, 1.807) is 11.9 Å². The van der Waals surface area contributed by atoms with Gasteiger partial charge in [0.15, 0.2) is 0 Å². The molecule has 0 saturated heterocycles. The standard InChI is InChI=1S/C20H23N5O2/c1-4-27-17-11-9-16(10-12-17)13-24(3)19(26)14-25-22-20(21-23-25)18-8-6-5-7-15(18)2/h5-12H,4,13-14H2,1-3H3. The first-order valence-electron chi connectivity index (χ1n) is 8.86. The Morgan fingerprint density at radius 1 is 1.15 bits per heavy atom. The number of hydrogen-bond acceptors (Lipinski definition) is 5. The Morgan fingerprint density at radius 2 is 1.89 bits per heavy atom. The molecule has 7 nitrogen and oxygen atoms in total. The number of likely N-dealkylation sites (N-methyl/N-ethyl adjacent to an activating group) is 1. The van der Waals surface area contributed by atoms with E-state index < -0.39 is 0 Å². The molecule has 0 spiro atoms. The van der Waals surface area contributed by atoms with E-state index in [0.29, 0.717) is 19.0 Å². The largest absolute Gasteiger partial charge is 0.494 e. The molecule has 0 unspecified atom stereocenters. The fourth-order valence-corrected chi connectivity index (χ4v) is 2.70. The van der Waals surface area contributed by atoms with Crippen LogP contribution in [0.1, 0.15) is 18.1 Å². The Hall–Kier alpha value is -3.22. The van der Waals surface area contributed by atoms with Crippen LogP contribution in [0.2, 0.25) is 0 Å². The van der Waals surface area contributed by atoms with Crippen LogP contribution in [0.4, 0.5) is 0 Å². The van der Waals surface area contributed by atoms with Gasteiger partial charge in [0.05, 0.1) is 6.61 Å². The minimum absolute atomic E-state index is 0.0480. The highest BCUT2D eigenvalue weighted by Crippen LogP contribution is 2.18. The maximum absolute atomic E-state index is 12.5. The zero-order chi connectivity index (χ0) is 19.2. The van der Waals surface area contributed by atoms with Crippen molar-refractivity contribution < 1.29 is 9.53 Å². The summed E-state index contributed by atoms with van der Waals surface area (Å²) in [7, 11) is 1.76. The third-order valence-corrected chi connectivity index (χ3v) is 4.20. The molecule has 140 valence electrons. The minimum Gasteiger partial charge on any atom is -0.494 e.